The van der Waals surface area contributed by atoms with Gasteiger partial charge in [0.05, 0.1) is 0 Å². The molecular formula is C24H26N4O4. The summed E-state index contributed by atoms with van der Waals surface area (Å²) in [6, 6.07) is 13.9. The topological polar surface area (TPSA) is 112 Å². The molecule has 8 heteroatoms. The Bertz CT molecular complexity index is 1120. The third-order valence-corrected chi connectivity index (χ3v) is 5.44. The van der Waals surface area contributed by atoms with Gasteiger partial charge in [0, 0.05) is 48.4 Å². The number of rotatable bonds is 7. The Hall–Kier alpha value is -3.65. The first kappa shape index (κ1) is 21.6. The Balaban J connectivity index is 1.41. The van der Waals surface area contributed by atoms with Crippen LogP contribution in [0.2, 0.25) is 0 Å². The number of aromatic amines is 1. The fraction of sp³-hybridized carbons (Fsp3) is 0.292. The summed E-state index contributed by atoms with van der Waals surface area (Å²) in [7, 11) is 0. The van der Waals surface area contributed by atoms with Crippen LogP contribution in [0.15, 0.2) is 54.7 Å². The number of anilines is 2. The van der Waals surface area contributed by atoms with Gasteiger partial charge in [-0.05, 0) is 48.7 Å². The van der Waals surface area contributed by atoms with E-state index in [2.05, 4.69) is 20.9 Å². The molecule has 2 heterocycles. The molecule has 2 atom stereocenters. The molecule has 4 N–H and O–H groups in total. The van der Waals surface area contributed by atoms with Crippen LogP contribution in [0, 0.1) is 0 Å². The summed E-state index contributed by atoms with van der Waals surface area (Å²) in [5.41, 5.74) is 3.12. The van der Waals surface area contributed by atoms with Gasteiger partial charge in [-0.2, -0.15) is 0 Å². The number of amides is 3. The summed E-state index contributed by atoms with van der Waals surface area (Å²) in [6.45, 7) is 2.00. The zero-order chi connectivity index (χ0) is 22.5. The van der Waals surface area contributed by atoms with Crippen LogP contribution in [0.1, 0.15) is 25.3 Å². The second kappa shape index (κ2) is 9.65. The molecule has 3 aromatic rings. The summed E-state index contributed by atoms with van der Waals surface area (Å²) in [6.07, 6.45) is 3.42. The summed E-state index contributed by atoms with van der Waals surface area (Å²) in [5.74, 6) is -0.762. The fourth-order valence-electron chi connectivity index (χ4n) is 3.85. The van der Waals surface area contributed by atoms with Crippen molar-refractivity contribution in [1.29, 1.82) is 0 Å². The van der Waals surface area contributed by atoms with Gasteiger partial charge < -0.3 is 25.7 Å². The number of fused-ring (bicyclic) bond motifs is 1. The van der Waals surface area contributed by atoms with Gasteiger partial charge in [-0.25, -0.2) is 0 Å². The highest BCUT2D eigenvalue weighted by molar-refractivity contribution is 5.98. The molecule has 8 nitrogen and oxygen atoms in total. The number of carbonyl (C=O) groups excluding carboxylic acids is 3. The van der Waals surface area contributed by atoms with Gasteiger partial charge >= 0.3 is 0 Å². The molecule has 0 spiro atoms. The molecule has 4 rings (SSSR count). The van der Waals surface area contributed by atoms with Crippen LogP contribution in [0.4, 0.5) is 11.4 Å². The van der Waals surface area contributed by atoms with Crippen LogP contribution < -0.4 is 16.0 Å². The van der Waals surface area contributed by atoms with E-state index < -0.39 is 12.1 Å². The zero-order valence-electron chi connectivity index (χ0n) is 17.8. The number of para-hydroxylation sites is 1. The maximum absolute atomic E-state index is 12.9. The Kier molecular flexibility index (Phi) is 6.51. The summed E-state index contributed by atoms with van der Waals surface area (Å²) >= 11 is 0. The first-order chi connectivity index (χ1) is 15.5. The molecule has 2 unspecified atom stereocenters. The quantitative estimate of drug-likeness (QED) is 0.458. The standard InChI is InChI=1S/C24H26N4O4/c1-15(29)26-21(13-16-14-25-20-6-3-2-5-19(16)20)23(30)27-17-8-10-18(11-9-17)28-24(31)22-7-4-12-32-22/h2-3,5-6,8-11,14,21-22,25H,4,7,12-13H2,1H3,(H,26,29)(H,27,30)(H,28,31). The lowest BCUT2D eigenvalue weighted by Gasteiger charge is -2.18. The van der Waals surface area contributed by atoms with E-state index in [1.54, 1.807) is 24.3 Å². The minimum Gasteiger partial charge on any atom is -0.368 e. The number of nitrogens with one attached hydrogen (secondary N) is 4. The molecule has 1 aromatic heterocycles. The number of benzene rings is 2. The summed E-state index contributed by atoms with van der Waals surface area (Å²) in [4.78, 5) is 40.0. The molecule has 1 saturated heterocycles. The Morgan fingerprint density at radius 3 is 2.47 bits per heavy atom. The van der Waals surface area contributed by atoms with Crippen molar-refractivity contribution < 1.29 is 19.1 Å². The van der Waals surface area contributed by atoms with Crippen LogP contribution in [0.25, 0.3) is 10.9 Å². The van der Waals surface area contributed by atoms with Gasteiger partial charge in [0.1, 0.15) is 12.1 Å². The predicted molar refractivity (Wildman–Crippen MR) is 122 cm³/mol. The number of H-pyrrole nitrogens is 1. The largest absolute Gasteiger partial charge is 0.368 e. The van der Waals surface area contributed by atoms with Crippen LogP contribution in [0.5, 0.6) is 0 Å². The zero-order valence-corrected chi connectivity index (χ0v) is 17.8. The molecule has 3 amide bonds. The Morgan fingerprint density at radius 2 is 1.78 bits per heavy atom. The van der Waals surface area contributed by atoms with E-state index >= 15 is 0 Å². The van der Waals surface area contributed by atoms with Crippen LogP contribution in [0.3, 0.4) is 0 Å². The lowest BCUT2D eigenvalue weighted by Crippen LogP contribution is -2.44. The molecule has 2 aromatic carbocycles. The lowest BCUT2D eigenvalue weighted by molar-refractivity contribution is -0.125. The van der Waals surface area contributed by atoms with E-state index in [1.807, 2.05) is 30.5 Å². The second-order valence-electron chi connectivity index (χ2n) is 7.87. The number of ether oxygens (including phenoxy) is 1. The first-order valence-electron chi connectivity index (χ1n) is 10.6. The van der Waals surface area contributed by atoms with Gasteiger partial charge in [-0.3, -0.25) is 14.4 Å². The molecule has 1 aliphatic rings. The molecule has 0 bridgehead atoms. The first-order valence-corrected chi connectivity index (χ1v) is 10.6. The highest BCUT2D eigenvalue weighted by Gasteiger charge is 2.24. The maximum atomic E-state index is 12.9. The molecular weight excluding hydrogens is 408 g/mol. The smallest absolute Gasteiger partial charge is 0.253 e. The number of aromatic nitrogens is 1. The highest BCUT2D eigenvalue weighted by Crippen LogP contribution is 2.21. The van der Waals surface area contributed by atoms with E-state index in [0.717, 1.165) is 29.3 Å². The number of hydrogen-bond acceptors (Lipinski definition) is 4. The maximum Gasteiger partial charge on any atom is 0.253 e. The summed E-state index contributed by atoms with van der Waals surface area (Å²) < 4.78 is 5.39. The second-order valence-corrected chi connectivity index (χ2v) is 7.87. The van der Waals surface area contributed by atoms with E-state index in [1.165, 1.54) is 6.92 Å². The molecule has 32 heavy (non-hydrogen) atoms. The average molecular weight is 434 g/mol. The third-order valence-electron chi connectivity index (χ3n) is 5.44. The van der Waals surface area contributed by atoms with Crippen molar-refractivity contribution in [2.24, 2.45) is 0 Å². The van der Waals surface area contributed by atoms with Gasteiger partial charge in [-0.1, -0.05) is 18.2 Å². The minimum atomic E-state index is -0.731. The van der Waals surface area contributed by atoms with E-state index in [0.29, 0.717) is 24.4 Å². The molecule has 0 radical (unpaired) electrons. The third kappa shape index (κ3) is 5.15. The van der Waals surface area contributed by atoms with Crippen LogP contribution in [-0.2, 0) is 25.5 Å². The van der Waals surface area contributed by atoms with Crippen molar-refractivity contribution in [2.75, 3.05) is 17.2 Å². The van der Waals surface area contributed by atoms with Gasteiger partial charge in [0.25, 0.3) is 5.91 Å². The molecule has 0 saturated carbocycles. The molecule has 0 aliphatic carbocycles. The van der Waals surface area contributed by atoms with Crippen molar-refractivity contribution >= 4 is 40.0 Å². The van der Waals surface area contributed by atoms with Gasteiger partial charge in [-0.15, -0.1) is 0 Å². The van der Waals surface area contributed by atoms with Crippen LogP contribution in [-0.4, -0.2) is 41.5 Å². The van der Waals surface area contributed by atoms with Crippen molar-refractivity contribution in [3.05, 3.63) is 60.3 Å². The molecule has 1 fully saturated rings. The van der Waals surface area contributed by atoms with Crippen LogP contribution >= 0.6 is 0 Å². The monoisotopic (exact) mass is 434 g/mol. The number of carbonyl (C=O) groups is 3. The van der Waals surface area contributed by atoms with E-state index in [4.69, 9.17) is 4.74 Å². The summed E-state index contributed by atoms with van der Waals surface area (Å²) in [5, 5.41) is 9.42. The number of hydrogen-bond donors (Lipinski definition) is 4. The van der Waals surface area contributed by atoms with Crippen molar-refractivity contribution in [3.63, 3.8) is 0 Å². The van der Waals surface area contributed by atoms with E-state index in [-0.39, 0.29) is 17.7 Å². The van der Waals surface area contributed by atoms with Gasteiger partial charge in [0.2, 0.25) is 11.8 Å². The minimum absolute atomic E-state index is 0.163. The average Bonchev–Trinajstić information content (AvgIpc) is 3.45. The molecule has 1 aliphatic heterocycles. The van der Waals surface area contributed by atoms with Crippen molar-refractivity contribution in [1.82, 2.24) is 10.3 Å². The predicted octanol–water partition coefficient (Wildman–Crippen LogP) is 2.97. The molecule has 166 valence electrons. The Morgan fingerprint density at radius 1 is 1.06 bits per heavy atom. The SMILES string of the molecule is CC(=O)NC(Cc1c[nH]c2ccccc12)C(=O)Nc1ccc(NC(=O)C2CCCO2)cc1. The normalized spacial score (nSPS) is 16.5. The Labute approximate surface area is 185 Å². The van der Waals surface area contributed by atoms with Gasteiger partial charge in [0.15, 0.2) is 0 Å². The lowest BCUT2D eigenvalue weighted by atomic mass is 10.0. The highest BCUT2D eigenvalue weighted by atomic mass is 16.5. The van der Waals surface area contributed by atoms with Crippen molar-refractivity contribution in [2.45, 2.75) is 38.3 Å². The fourth-order valence-corrected chi connectivity index (χ4v) is 3.85. The van der Waals surface area contributed by atoms with Crippen molar-refractivity contribution in [3.8, 4) is 0 Å². The van der Waals surface area contributed by atoms with E-state index in [9.17, 15) is 14.4 Å².